The molecule has 1 aromatic rings. The summed E-state index contributed by atoms with van der Waals surface area (Å²) in [4.78, 5) is 14.4. The summed E-state index contributed by atoms with van der Waals surface area (Å²) in [6.45, 7) is 3.32. The zero-order chi connectivity index (χ0) is 20.2. The predicted molar refractivity (Wildman–Crippen MR) is 96.5 cm³/mol. The summed E-state index contributed by atoms with van der Waals surface area (Å²) >= 11 is 0. The van der Waals surface area contributed by atoms with Gasteiger partial charge in [0.2, 0.25) is 5.91 Å². The van der Waals surface area contributed by atoms with Crippen LogP contribution < -0.4 is 4.74 Å². The molecule has 2 saturated carbocycles. The second kappa shape index (κ2) is 6.65. The molecule has 0 aromatic heterocycles. The van der Waals surface area contributed by atoms with Gasteiger partial charge in [-0.2, -0.15) is 0 Å². The van der Waals surface area contributed by atoms with Gasteiger partial charge in [-0.25, -0.2) is 0 Å². The molecule has 1 N–H and O–H groups in total. The van der Waals surface area contributed by atoms with E-state index in [1.165, 1.54) is 12.1 Å². The largest absolute Gasteiger partial charge is 0.573 e. The molecule has 1 spiro atoms. The van der Waals surface area contributed by atoms with Crippen molar-refractivity contribution < 1.29 is 27.8 Å². The van der Waals surface area contributed by atoms with Crippen LogP contribution in [0.4, 0.5) is 13.2 Å². The van der Waals surface area contributed by atoms with Crippen LogP contribution in [0.15, 0.2) is 24.3 Å². The second-order valence-corrected chi connectivity index (χ2v) is 9.30. The van der Waals surface area contributed by atoms with Gasteiger partial charge in [-0.15, -0.1) is 13.2 Å². The molecule has 0 bridgehead atoms. The summed E-state index contributed by atoms with van der Waals surface area (Å²) in [7, 11) is 0. The number of rotatable bonds is 4. The van der Waals surface area contributed by atoms with Crippen LogP contribution in [0, 0.1) is 17.3 Å². The van der Waals surface area contributed by atoms with Gasteiger partial charge < -0.3 is 14.7 Å². The van der Waals surface area contributed by atoms with Gasteiger partial charge in [-0.05, 0) is 69.1 Å². The van der Waals surface area contributed by atoms with Gasteiger partial charge in [0.05, 0.1) is 5.60 Å². The minimum absolute atomic E-state index is 0.0408. The Balaban J connectivity index is 1.28. The van der Waals surface area contributed by atoms with Crippen LogP contribution in [-0.2, 0) is 11.2 Å². The molecule has 1 aliphatic heterocycles. The molecule has 0 unspecified atom stereocenters. The van der Waals surface area contributed by atoms with Crippen LogP contribution in [0.25, 0.3) is 0 Å². The van der Waals surface area contributed by atoms with Gasteiger partial charge in [-0.1, -0.05) is 12.1 Å². The van der Waals surface area contributed by atoms with Crippen LogP contribution in [0.5, 0.6) is 5.75 Å². The van der Waals surface area contributed by atoms with Gasteiger partial charge in [0.25, 0.3) is 0 Å². The zero-order valence-corrected chi connectivity index (χ0v) is 16.0. The number of hydrogen-bond acceptors (Lipinski definition) is 3. The molecule has 4 nitrogen and oxygen atoms in total. The standard InChI is InChI=1S/C21H26F3NO3/c1-19(27)10-16(11-19)18(26)25-12-20(13-25)6-5-15(9-20)7-14-3-2-4-17(8-14)28-21(22,23)24/h2-4,8,15-16,27H,5-7,9-13H2,1H3/t15-,16?,19?/m1/s1. The van der Waals surface area contributed by atoms with Crippen LogP contribution in [0.1, 0.15) is 44.6 Å². The van der Waals surface area contributed by atoms with E-state index in [0.29, 0.717) is 18.8 Å². The van der Waals surface area contributed by atoms with E-state index in [-0.39, 0.29) is 23.0 Å². The third-order valence-corrected chi connectivity index (χ3v) is 6.55. The van der Waals surface area contributed by atoms with Crippen molar-refractivity contribution in [3.05, 3.63) is 29.8 Å². The van der Waals surface area contributed by atoms with E-state index in [1.54, 1.807) is 13.0 Å². The average molecular weight is 397 g/mol. The van der Waals surface area contributed by atoms with Crippen molar-refractivity contribution in [2.24, 2.45) is 17.3 Å². The molecule has 1 aromatic carbocycles. The molecule has 28 heavy (non-hydrogen) atoms. The fourth-order valence-corrected chi connectivity index (χ4v) is 5.35. The average Bonchev–Trinajstić information content (AvgIpc) is 2.93. The molecule has 1 heterocycles. The fourth-order valence-electron chi connectivity index (χ4n) is 5.35. The normalized spacial score (nSPS) is 31.4. The summed E-state index contributed by atoms with van der Waals surface area (Å²) in [5, 5.41) is 9.82. The summed E-state index contributed by atoms with van der Waals surface area (Å²) in [6.07, 6.45) is 0.251. The predicted octanol–water partition coefficient (Wildman–Crippen LogP) is 3.92. The van der Waals surface area contributed by atoms with Crippen LogP contribution in [0.2, 0.25) is 0 Å². The Morgan fingerprint density at radius 1 is 1.29 bits per heavy atom. The van der Waals surface area contributed by atoms with Gasteiger partial charge in [0.15, 0.2) is 0 Å². The van der Waals surface area contributed by atoms with Crippen molar-refractivity contribution in [3.8, 4) is 5.75 Å². The van der Waals surface area contributed by atoms with E-state index in [4.69, 9.17) is 0 Å². The molecule has 0 radical (unpaired) electrons. The summed E-state index contributed by atoms with van der Waals surface area (Å²) < 4.78 is 41.2. The molecule has 2 aliphatic carbocycles. The van der Waals surface area contributed by atoms with Crippen molar-refractivity contribution in [2.75, 3.05) is 13.1 Å². The topological polar surface area (TPSA) is 49.8 Å². The number of amides is 1. The molecule has 154 valence electrons. The number of likely N-dealkylation sites (tertiary alicyclic amines) is 1. The first-order valence-electron chi connectivity index (χ1n) is 9.89. The lowest BCUT2D eigenvalue weighted by Crippen LogP contribution is -2.61. The first-order chi connectivity index (χ1) is 13.0. The third kappa shape index (κ3) is 4.14. The molecular weight excluding hydrogens is 371 g/mol. The minimum atomic E-state index is -4.67. The lowest BCUT2D eigenvalue weighted by molar-refractivity contribution is -0.274. The molecule has 1 amide bonds. The first-order valence-corrected chi connectivity index (χ1v) is 9.89. The Labute approximate surface area is 162 Å². The summed E-state index contributed by atoms with van der Waals surface area (Å²) in [6, 6.07) is 6.23. The highest BCUT2D eigenvalue weighted by Crippen LogP contribution is 2.50. The minimum Gasteiger partial charge on any atom is -0.406 e. The Hall–Kier alpha value is -1.76. The van der Waals surface area contributed by atoms with Gasteiger partial charge in [0, 0.05) is 24.4 Å². The molecule has 3 aliphatic rings. The highest BCUT2D eigenvalue weighted by molar-refractivity contribution is 5.81. The van der Waals surface area contributed by atoms with E-state index in [1.807, 2.05) is 11.0 Å². The monoisotopic (exact) mass is 397 g/mol. The van der Waals surface area contributed by atoms with Crippen LogP contribution >= 0.6 is 0 Å². The van der Waals surface area contributed by atoms with E-state index in [2.05, 4.69) is 4.74 Å². The first kappa shape index (κ1) is 19.6. The molecule has 1 atom stereocenters. The number of nitrogens with zero attached hydrogens (tertiary/aromatic N) is 1. The molecule has 4 rings (SSSR count). The lowest BCUT2D eigenvalue weighted by Gasteiger charge is -2.52. The molecule has 3 fully saturated rings. The number of ether oxygens (including phenoxy) is 1. The highest BCUT2D eigenvalue weighted by Gasteiger charge is 2.52. The van der Waals surface area contributed by atoms with Crippen molar-refractivity contribution >= 4 is 5.91 Å². The summed E-state index contributed by atoms with van der Waals surface area (Å²) in [5.74, 6) is 0.371. The Morgan fingerprint density at radius 3 is 2.64 bits per heavy atom. The Kier molecular flexibility index (Phi) is 4.64. The van der Waals surface area contributed by atoms with E-state index in [0.717, 1.165) is 44.3 Å². The smallest absolute Gasteiger partial charge is 0.406 e. The quantitative estimate of drug-likeness (QED) is 0.838. The van der Waals surface area contributed by atoms with Crippen LogP contribution in [-0.4, -0.2) is 41.0 Å². The maximum atomic E-state index is 12.5. The van der Waals surface area contributed by atoms with Crippen LogP contribution in [0.3, 0.4) is 0 Å². The van der Waals surface area contributed by atoms with Gasteiger partial charge >= 0.3 is 6.36 Å². The van der Waals surface area contributed by atoms with Crippen molar-refractivity contribution in [2.45, 2.75) is 57.4 Å². The lowest BCUT2D eigenvalue weighted by atomic mass is 9.69. The number of benzene rings is 1. The number of halogens is 3. The zero-order valence-electron chi connectivity index (χ0n) is 16.0. The van der Waals surface area contributed by atoms with E-state index < -0.39 is 12.0 Å². The maximum Gasteiger partial charge on any atom is 0.573 e. The number of aliphatic hydroxyl groups is 1. The van der Waals surface area contributed by atoms with Gasteiger partial charge in [-0.3, -0.25) is 4.79 Å². The van der Waals surface area contributed by atoms with E-state index >= 15 is 0 Å². The highest BCUT2D eigenvalue weighted by atomic mass is 19.4. The molecule has 7 heteroatoms. The SMILES string of the molecule is CC1(O)CC(C(=O)N2CC3(CC[C@H](Cc4cccc(OC(F)(F)F)c4)C3)C2)C1. The molecular formula is C21H26F3NO3. The number of carbonyl (C=O) groups is 1. The van der Waals surface area contributed by atoms with Crippen molar-refractivity contribution in [1.82, 2.24) is 4.90 Å². The third-order valence-electron chi connectivity index (χ3n) is 6.55. The second-order valence-electron chi connectivity index (χ2n) is 9.30. The number of carbonyl (C=O) groups excluding carboxylic acids is 1. The number of hydrogen-bond donors (Lipinski definition) is 1. The van der Waals surface area contributed by atoms with E-state index in [9.17, 15) is 23.1 Å². The Morgan fingerprint density at radius 2 is 2.00 bits per heavy atom. The molecule has 1 saturated heterocycles. The number of alkyl halides is 3. The Bertz CT molecular complexity index is 748. The van der Waals surface area contributed by atoms with Crippen molar-refractivity contribution in [3.63, 3.8) is 0 Å². The summed E-state index contributed by atoms with van der Waals surface area (Å²) in [5.41, 5.74) is 0.339. The van der Waals surface area contributed by atoms with Crippen molar-refractivity contribution in [1.29, 1.82) is 0 Å². The maximum absolute atomic E-state index is 12.5. The fraction of sp³-hybridized carbons (Fsp3) is 0.667. The van der Waals surface area contributed by atoms with Gasteiger partial charge in [0.1, 0.15) is 5.75 Å².